The summed E-state index contributed by atoms with van der Waals surface area (Å²) in [7, 11) is 0. The summed E-state index contributed by atoms with van der Waals surface area (Å²) in [6.07, 6.45) is 6.35. The lowest BCUT2D eigenvalue weighted by Crippen LogP contribution is -2.11. The van der Waals surface area contributed by atoms with Crippen molar-refractivity contribution in [2.24, 2.45) is 0 Å². The van der Waals surface area contributed by atoms with E-state index in [0.717, 1.165) is 43.4 Å². The monoisotopic (exact) mass is 600 g/mol. The van der Waals surface area contributed by atoms with E-state index in [4.69, 9.17) is 23.7 Å². The molecular weight excluding hydrogens is 564 g/mol. The van der Waals surface area contributed by atoms with E-state index in [1.807, 2.05) is 0 Å². The van der Waals surface area contributed by atoms with Crippen LogP contribution in [0, 0.1) is 6.92 Å². The van der Waals surface area contributed by atoms with Crippen LogP contribution in [0.2, 0.25) is 0 Å². The van der Waals surface area contributed by atoms with E-state index in [9.17, 15) is 19.2 Å². The Bertz CT molecular complexity index is 1440. The highest BCUT2D eigenvalue weighted by molar-refractivity contribution is 5.91. The van der Waals surface area contributed by atoms with Gasteiger partial charge < -0.3 is 23.7 Å². The molecule has 0 atom stereocenters. The Balaban J connectivity index is 1.38. The molecule has 0 unspecified atom stereocenters. The maximum atomic E-state index is 12.6. The lowest BCUT2D eigenvalue weighted by Gasteiger charge is -2.11. The first-order valence-corrected chi connectivity index (χ1v) is 14.3. The fourth-order valence-corrected chi connectivity index (χ4v) is 3.93. The smallest absolute Gasteiger partial charge is 0.343 e. The van der Waals surface area contributed by atoms with Crippen LogP contribution in [-0.4, -0.2) is 37.1 Å². The van der Waals surface area contributed by atoms with E-state index >= 15 is 0 Å². The molecule has 0 aliphatic carbocycles. The van der Waals surface area contributed by atoms with Crippen LogP contribution < -0.4 is 18.9 Å². The van der Waals surface area contributed by atoms with Crippen molar-refractivity contribution in [1.82, 2.24) is 0 Å². The molecule has 9 nitrogen and oxygen atoms in total. The van der Waals surface area contributed by atoms with E-state index in [-0.39, 0.29) is 6.42 Å². The van der Waals surface area contributed by atoms with Crippen molar-refractivity contribution in [3.05, 3.63) is 109 Å². The summed E-state index contributed by atoms with van der Waals surface area (Å²) in [5, 5.41) is 0. The number of esters is 4. The highest BCUT2D eigenvalue weighted by Gasteiger charge is 2.13. The molecule has 3 aromatic carbocycles. The van der Waals surface area contributed by atoms with Crippen LogP contribution in [0.3, 0.4) is 0 Å². The fourth-order valence-electron chi connectivity index (χ4n) is 3.93. The maximum Gasteiger partial charge on any atom is 0.343 e. The number of hydrogen-bond acceptors (Lipinski definition) is 9. The summed E-state index contributed by atoms with van der Waals surface area (Å²) >= 11 is 0. The number of aryl methyl sites for hydroxylation is 2. The molecule has 44 heavy (non-hydrogen) atoms. The van der Waals surface area contributed by atoms with Crippen LogP contribution in [0.1, 0.15) is 53.6 Å². The number of hydrogen-bond donors (Lipinski definition) is 0. The highest BCUT2D eigenvalue weighted by atomic mass is 16.5. The molecule has 0 radical (unpaired) electrons. The molecule has 0 fully saturated rings. The molecule has 0 bridgehead atoms. The van der Waals surface area contributed by atoms with Gasteiger partial charge in [-0.1, -0.05) is 25.3 Å². The largest absolute Gasteiger partial charge is 0.494 e. The average Bonchev–Trinajstić information content (AvgIpc) is 3.03. The molecule has 0 amide bonds. The van der Waals surface area contributed by atoms with Crippen LogP contribution in [0.15, 0.2) is 92.0 Å². The van der Waals surface area contributed by atoms with Gasteiger partial charge in [-0.25, -0.2) is 14.4 Å². The Morgan fingerprint density at radius 2 is 1.32 bits per heavy atom. The number of rotatable bonds is 17. The summed E-state index contributed by atoms with van der Waals surface area (Å²) in [5.41, 5.74) is 1.89. The summed E-state index contributed by atoms with van der Waals surface area (Å²) in [4.78, 5) is 47.3. The zero-order valence-corrected chi connectivity index (χ0v) is 24.8. The molecular formula is C35H36O9. The Morgan fingerprint density at radius 3 is 1.98 bits per heavy atom. The van der Waals surface area contributed by atoms with E-state index < -0.39 is 23.9 Å². The molecule has 3 rings (SSSR count). The fraction of sp³-hybridized carbons (Fsp3) is 0.257. The van der Waals surface area contributed by atoms with Crippen molar-refractivity contribution < 1.29 is 42.9 Å². The van der Waals surface area contributed by atoms with Gasteiger partial charge in [0, 0.05) is 18.6 Å². The van der Waals surface area contributed by atoms with E-state index in [1.54, 1.807) is 73.7 Å². The number of unbranched alkanes of at least 4 members (excludes halogenated alkanes) is 3. The second-order valence-electron chi connectivity index (χ2n) is 9.72. The quantitative estimate of drug-likeness (QED) is 0.0740. The molecule has 3 aromatic rings. The third-order valence-corrected chi connectivity index (χ3v) is 6.32. The lowest BCUT2D eigenvalue weighted by atomic mass is 10.1. The number of carbonyl (C=O) groups is 4. The normalized spacial score (nSPS) is 10.3. The first kappa shape index (κ1) is 33.3. The van der Waals surface area contributed by atoms with Gasteiger partial charge in [-0.3, -0.25) is 4.79 Å². The average molecular weight is 601 g/mol. The predicted molar refractivity (Wildman–Crippen MR) is 164 cm³/mol. The van der Waals surface area contributed by atoms with Gasteiger partial charge in [-0.2, -0.15) is 0 Å². The summed E-state index contributed by atoms with van der Waals surface area (Å²) in [5.74, 6) is -0.142. The van der Waals surface area contributed by atoms with Crippen LogP contribution >= 0.6 is 0 Å². The van der Waals surface area contributed by atoms with Crippen molar-refractivity contribution in [3.8, 4) is 23.0 Å². The lowest BCUT2D eigenvalue weighted by molar-refractivity contribution is -0.138. The number of carbonyl (C=O) groups excluding carboxylic acids is 4. The first-order valence-electron chi connectivity index (χ1n) is 14.3. The zero-order valence-electron chi connectivity index (χ0n) is 24.8. The standard InChI is InChI=1S/C35H36O9/c1-4-32(36)41-23-9-7-6-8-22-40-28-17-13-27(14-18-28)35(39)43-30-19-20-31(25(3)24-30)44-34(38)21-12-26-10-15-29(16-11-26)42-33(37)5-2/h4-5,10-11,13-20,24H,1-2,6-9,12,21-23H2,3H3. The van der Waals surface area contributed by atoms with Crippen LogP contribution in [0.25, 0.3) is 0 Å². The molecule has 0 saturated heterocycles. The first-order chi connectivity index (χ1) is 21.3. The second kappa shape index (κ2) is 17.7. The van der Waals surface area contributed by atoms with Gasteiger partial charge in [0.1, 0.15) is 23.0 Å². The summed E-state index contributed by atoms with van der Waals surface area (Å²) < 4.78 is 26.7. The van der Waals surface area contributed by atoms with Crippen molar-refractivity contribution >= 4 is 23.9 Å². The Kier molecular flexibility index (Phi) is 13.4. The molecule has 0 spiro atoms. The van der Waals surface area contributed by atoms with Crippen molar-refractivity contribution in [2.75, 3.05) is 13.2 Å². The van der Waals surface area contributed by atoms with Crippen LogP contribution in [0.5, 0.6) is 23.0 Å². The molecule has 230 valence electrons. The van der Waals surface area contributed by atoms with E-state index in [2.05, 4.69) is 13.2 Å². The van der Waals surface area contributed by atoms with Crippen LogP contribution in [0.4, 0.5) is 0 Å². The van der Waals surface area contributed by atoms with Crippen molar-refractivity contribution in [3.63, 3.8) is 0 Å². The van der Waals surface area contributed by atoms with Gasteiger partial charge >= 0.3 is 23.9 Å². The maximum absolute atomic E-state index is 12.6. The van der Waals surface area contributed by atoms with Gasteiger partial charge in [-0.15, -0.1) is 0 Å². The Morgan fingerprint density at radius 1 is 0.682 bits per heavy atom. The minimum atomic E-state index is -0.542. The predicted octanol–water partition coefficient (Wildman–Crippen LogP) is 6.51. The summed E-state index contributed by atoms with van der Waals surface area (Å²) in [6, 6.07) is 18.3. The molecule has 0 N–H and O–H groups in total. The second-order valence-corrected chi connectivity index (χ2v) is 9.72. The molecule has 0 saturated carbocycles. The third kappa shape index (κ3) is 11.6. The Hall–Kier alpha value is -5.18. The minimum Gasteiger partial charge on any atom is -0.494 e. The molecule has 0 heterocycles. The van der Waals surface area contributed by atoms with Gasteiger partial charge in [0.25, 0.3) is 0 Å². The van der Waals surface area contributed by atoms with Gasteiger partial charge in [0.05, 0.1) is 18.8 Å². The van der Waals surface area contributed by atoms with Crippen molar-refractivity contribution in [1.29, 1.82) is 0 Å². The van der Waals surface area contributed by atoms with E-state index in [0.29, 0.717) is 53.8 Å². The van der Waals surface area contributed by atoms with Gasteiger partial charge in [-0.05, 0) is 105 Å². The van der Waals surface area contributed by atoms with Crippen molar-refractivity contribution in [2.45, 2.75) is 45.4 Å². The molecule has 0 aliphatic rings. The highest BCUT2D eigenvalue weighted by Crippen LogP contribution is 2.25. The molecule has 9 heteroatoms. The van der Waals surface area contributed by atoms with Crippen LogP contribution in [-0.2, 0) is 25.5 Å². The Labute approximate surface area is 257 Å². The van der Waals surface area contributed by atoms with Gasteiger partial charge in [0.15, 0.2) is 0 Å². The minimum absolute atomic E-state index is 0.150. The molecule has 0 aromatic heterocycles. The summed E-state index contributed by atoms with van der Waals surface area (Å²) in [6.45, 7) is 9.39. The van der Waals surface area contributed by atoms with E-state index in [1.165, 1.54) is 0 Å². The third-order valence-electron chi connectivity index (χ3n) is 6.32. The number of benzene rings is 3. The van der Waals surface area contributed by atoms with Gasteiger partial charge in [0.2, 0.25) is 0 Å². The molecule has 0 aliphatic heterocycles. The number of ether oxygens (including phenoxy) is 5. The zero-order chi connectivity index (χ0) is 31.7. The topological polar surface area (TPSA) is 114 Å². The SMILES string of the molecule is C=CC(=O)OCCCCCCOc1ccc(C(=O)Oc2ccc(OC(=O)CCc3ccc(OC(=O)C=C)cc3)c(C)c2)cc1.